The number of carbonyl (C=O) groups excluding carboxylic acids is 1. The van der Waals surface area contributed by atoms with E-state index in [2.05, 4.69) is 5.32 Å². The molecule has 0 fully saturated rings. The van der Waals surface area contributed by atoms with E-state index in [-0.39, 0.29) is 19.0 Å². The number of hydrogen-bond donors (Lipinski definition) is 2. The molecule has 0 aromatic rings. The van der Waals surface area contributed by atoms with Crippen molar-refractivity contribution < 1.29 is 18.0 Å². The van der Waals surface area contributed by atoms with Crippen molar-refractivity contribution in [3.8, 4) is 0 Å². The highest BCUT2D eigenvalue weighted by Gasteiger charge is 2.34. The van der Waals surface area contributed by atoms with Crippen LogP contribution in [0.25, 0.3) is 0 Å². The zero-order valence-corrected chi connectivity index (χ0v) is 11.3. The number of halogens is 3. The van der Waals surface area contributed by atoms with E-state index in [0.29, 0.717) is 0 Å². The van der Waals surface area contributed by atoms with Crippen LogP contribution in [0.3, 0.4) is 0 Å². The van der Waals surface area contributed by atoms with E-state index in [9.17, 15) is 18.0 Å². The van der Waals surface area contributed by atoms with Crippen LogP contribution in [0.2, 0.25) is 0 Å². The zero-order valence-electron chi connectivity index (χ0n) is 11.3. The minimum Gasteiger partial charge on any atom is -0.368 e. The van der Waals surface area contributed by atoms with Gasteiger partial charge >= 0.3 is 6.18 Å². The Labute approximate surface area is 106 Å². The molecule has 0 saturated carbocycles. The molecule has 1 atom stereocenters. The number of likely N-dealkylation sites (N-methyl/N-ethyl adjacent to an activating group) is 1. The number of carbonyl (C=O) groups is 1. The molecule has 108 valence electrons. The quantitative estimate of drug-likeness (QED) is 0.728. The highest BCUT2D eigenvalue weighted by atomic mass is 19.4. The summed E-state index contributed by atoms with van der Waals surface area (Å²) in [7, 11) is 1.56. The van der Waals surface area contributed by atoms with Gasteiger partial charge in [-0.2, -0.15) is 13.2 Å². The Morgan fingerprint density at radius 1 is 1.39 bits per heavy atom. The van der Waals surface area contributed by atoms with E-state index < -0.39 is 24.2 Å². The SMILES string of the molecule is CNC(C)(CCN(CC(F)(F)F)C(C)C)C(N)=O. The average Bonchev–Trinajstić information content (AvgIpc) is 2.21. The molecular formula is C11H22F3N3O. The van der Waals surface area contributed by atoms with E-state index in [0.717, 1.165) is 0 Å². The van der Waals surface area contributed by atoms with Gasteiger partial charge in [-0.1, -0.05) is 0 Å². The monoisotopic (exact) mass is 269 g/mol. The van der Waals surface area contributed by atoms with E-state index in [4.69, 9.17) is 5.73 Å². The van der Waals surface area contributed by atoms with Crippen molar-refractivity contribution in [3.05, 3.63) is 0 Å². The first kappa shape index (κ1) is 17.2. The van der Waals surface area contributed by atoms with Gasteiger partial charge in [-0.25, -0.2) is 0 Å². The van der Waals surface area contributed by atoms with Crippen molar-refractivity contribution in [3.63, 3.8) is 0 Å². The van der Waals surface area contributed by atoms with Crippen LogP contribution in [0, 0.1) is 0 Å². The summed E-state index contributed by atoms with van der Waals surface area (Å²) in [5, 5.41) is 2.75. The van der Waals surface area contributed by atoms with Gasteiger partial charge in [0.1, 0.15) is 0 Å². The number of primary amides is 1. The highest BCUT2D eigenvalue weighted by Crippen LogP contribution is 2.19. The summed E-state index contributed by atoms with van der Waals surface area (Å²) in [5.41, 5.74) is 4.24. The van der Waals surface area contributed by atoms with Gasteiger partial charge in [0.25, 0.3) is 0 Å². The molecule has 0 aliphatic heterocycles. The predicted octanol–water partition coefficient (Wildman–Crippen LogP) is 1.11. The molecule has 0 aliphatic carbocycles. The molecule has 0 saturated heterocycles. The molecule has 1 amide bonds. The minimum absolute atomic E-state index is 0.150. The molecule has 18 heavy (non-hydrogen) atoms. The fourth-order valence-corrected chi connectivity index (χ4v) is 1.49. The van der Waals surface area contributed by atoms with Crippen LogP contribution >= 0.6 is 0 Å². The molecule has 0 heterocycles. The van der Waals surface area contributed by atoms with Crippen molar-refractivity contribution in [1.82, 2.24) is 10.2 Å². The number of nitrogens with two attached hydrogens (primary N) is 1. The molecule has 0 aliphatic rings. The lowest BCUT2D eigenvalue weighted by molar-refractivity contribution is -0.150. The number of rotatable bonds is 7. The number of hydrogen-bond acceptors (Lipinski definition) is 3. The van der Waals surface area contributed by atoms with Crippen LogP contribution in [-0.4, -0.2) is 48.7 Å². The van der Waals surface area contributed by atoms with Crippen molar-refractivity contribution in [1.29, 1.82) is 0 Å². The van der Waals surface area contributed by atoms with Gasteiger partial charge in [0, 0.05) is 12.6 Å². The lowest BCUT2D eigenvalue weighted by Gasteiger charge is -2.32. The van der Waals surface area contributed by atoms with Crippen molar-refractivity contribution in [2.24, 2.45) is 5.73 Å². The highest BCUT2D eigenvalue weighted by molar-refractivity contribution is 5.84. The van der Waals surface area contributed by atoms with E-state index >= 15 is 0 Å². The first-order valence-corrected chi connectivity index (χ1v) is 5.81. The third-order valence-electron chi connectivity index (χ3n) is 3.11. The second-order valence-electron chi connectivity index (χ2n) is 4.88. The lowest BCUT2D eigenvalue weighted by Crippen LogP contribution is -2.54. The molecule has 0 rings (SSSR count). The molecule has 7 heteroatoms. The fraction of sp³-hybridized carbons (Fsp3) is 0.909. The van der Waals surface area contributed by atoms with Crippen LogP contribution in [-0.2, 0) is 4.79 Å². The van der Waals surface area contributed by atoms with E-state index in [1.54, 1.807) is 27.8 Å². The Morgan fingerprint density at radius 2 is 1.89 bits per heavy atom. The maximum absolute atomic E-state index is 12.4. The van der Waals surface area contributed by atoms with Crippen LogP contribution in [0.4, 0.5) is 13.2 Å². The summed E-state index contributed by atoms with van der Waals surface area (Å²) in [4.78, 5) is 12.5. The molecule has 0 aromatic heterocycles. The third kappa shape index (κ3) is 5.68. The van der Waals surface area contributed by atoms with Gasteiger partial charge in [0.05, 0.1) is 12.1 Å². The Balaban J connectivity index is 4.58. The van der Waals surface area contributed by atoms with Gasteiger partial charge in [-0.15, -0.1) is 0 Å². The molecule has 0 bridgehead atoms. The molecule has 1 unspecified atom stereocenters. The number of nitrogens with zero attached hydrogens (tertiary/aromatic N) is 1. The second-order valence-corrected chi connectivity index (χ2v) is 4.88. The van der Waals surface area contributed by atoms with E-state index in [1.807, 2.05) is 0 Å². The largest absolute Gasteiger partial charge is 0.401 e. The Bertz CT molecular complexity index is 281. The number of amides is 1. The molecule has 0 spiro atoms. The van der Waals surface area contributed by atoms with Gasteiger partial charge in [-0.3, -0.25) is 9.69 Å². The summed E-state index contributed by atoms with van der Waals surface area (Å²) >= 11 is 0. The van der Waals surface area contributed by atoms with Crippen LogP contribution in [0.15, 0.2) is 0 Å². The Kier molecular flexibility index (Phi) is 6.09. The van der Waals surface area contributed by atoms with Gasteiger partial charge < -0.3 is 11.1 Å². The molecule has 0 radical (unpaired) electrons. The van der Waals surface area contributed by atoms with Crippen LogP contribution < -0.4 is 11.1 Å². The molecule has 4 nitrogen and oxygen atoms in total. The number of alkyl halides is 3. The first-order chi connectivity index (χ1) is 8.02. The number of nitrogens with one attached hydrogen (secondary N) is 1. The van der Waals surface area contributed by atoms with Gasteiger partial charge in [-0.05, 0) is 34.2 Å². The van der Waals surface area contributed by atoms with Crippen molar-refractivity contribution in [2.75, 3.05) is 20.1 Å². The van der Waals surface area contributed by atoms with Gasteiger partial charge in [0.2, 0.25) is 5.91 Å². The summed E-state index contributed by atoms with van der Waals surface area (Å²) in [6.07, 6.45) is -4.01. The summed E-state index contributed by atoms with van der Waals surface area (Å²) < 4.78 is 37.1. The lowest BCUT2D eigenvalue weighted by atomic mass is 9.96. The predicted molar refractivity (Wildman–Crippen MR) is 64.0 cm³/mol. The standard InChI is InChI=1S/C11H22F3N3O/c1-8(2)17(7-11(12,13)14)6-5-10(3,16-4)9(15)18/h8,16H,5-7H2,1-4H3,(H2,15,18). The second kappa shape index (κ2) is 6.38. The third-order valence-corrected chi connectivity index (χ3v) is 3.11. The Morgan fingerprint density at radius 3 is 2.17 bits per heavy atom. The maximum atomic E-state index is 12.4. The molecule has 3 N–H and O–H groups in total. The zero-order chi connectivity index (χ0) is 14.6. The molecule has 0 aromatic carbocycles. The molecular weight excluding hydrogens is 247 g/mol. The minimum atomic E-state index is -4.24. The van der Waals surface area contributed by atoms with E-state index in [1.165, 1.54) is 4.90 Å². The smallest absolute Gasteiger partial charge is 0.368 e. The normalized spacial score (nSPS) is 16.1. The van der Waals surface area contributed by atoms with Gasteiger partial charge in [0.15, 0.2) is 0 Å². The van der Waals surface area contributed by atoms with Crippen LogP contribution in [0.1, 0.15) is 27.2 Å². The Hall–Kier alpha value is -0.820. The summed E-state index contributed by atoms with van der Waals surface area (Å²) in [6, 6.07) is -0.249. The van der Waals surface area contributed by atoms with Crippen molar-refractivity contribution >= 4 is 5.91 Å². The van der Waals surface area contributed by atoms with Crippen molar-refractivity contribution in [2.45, 2.75) is 44.9 Å². The fourth-order valence-electron chi connectivity index (χ4n) is 1.49. The average molecular weight is 269 g/mol. The topological polar surface area (TPSA) is 58.4 Å². The maximum Gasteiger partial charge on any atom is 0.401 e. The van der Waals surface area contributed by atoms with Crippen LogP contribution in [0.5, 0.6) is 0 Å². The summed E-state index contributed by atoms with van der Waals surface area (Å²) in [6.45, 7) is 4.13. The summed E-state index contributed by atoms with van der Waals surface area (Å²) in [5.74, 6) is -0.569. The first-order valence-electron chi connectivity index (χ1n) is 5.81.